The fourth-order valence-corrected chi connectivity index (χ4v) is 2.33. The Balaban J connectivity index is 2.73. The van der Waals surface area contributed by atoms with E-state index in [1.807, 2.05) is 24.3 Å². The summed E-state index contributed by atoms with van der Waals surface area (Å²) in [5.41, 5.74) is 2.03. The second kappa shape index (κ2) is 7.29. The van der Waals surface area contributed by atoms with Crippen molar-refractivity contribution in [3.05, 3.63) is 35.4 Å². The molecule has 0 saturated carbocycles. The molecule has 1 aromatic carbocycles. The van der Waals surface area contributed by atoms with Gasteiger partial charge in [-0.15, -0.1) is 0 Å². The molecule has 0 aliphatic rings. The van der Waals surface area contributed by atoms with Crippen LogP contribution in [0.15, 0.2) is 24.3 Å². The van der Waals surface area contributed by atoms with Gasteiger partial charge in [0.15, 0.2) is 0 Å². The molecule has 19 heavy (non-hydrogen) atoms. The average molecular weight is 263 g/mol. The fourth-order valence-electron chi connectivity index (χ4n) is 2.33. The maximum Gasteiger partial charge on any atom is 0.307 e. The monoisotopic (exact) mass is 263 g/mol. The lowest BCUT2D eigenvalue weighted by Gasteiger charge is -2.27. The third-order valence-corrected chi connectivity index (χ3v) is 3.44. The van der Waals surface area contributed by atoms with Crippen LogP contribution in [0.25, 0.3) is 0 Å². The van der Waals surface area contributed by atoms with Crippen LogP contribution >= 0.6 is 0 Å². The van der Waals surface area contributed by atoms with Crippen molar-refractivity contribution in [3.63, 3.8) is 0 Å². The predicted molar refractivity (Wildman–Crippen MR) is 78.2 cm³/mol. The van der Waals surface area contributed by atoms with Crippen molar-refractivity contribution in [2.24, 2.45) is 5.92 Å². The van der Waals surface area contributed by atoms with Crippen LogP contribution in [-0.2, 0) is 17.8 Å². The first-order chi connectivity index (χ1) is 8.90. The maximum atomic E-state index is 10.9. The van der Waals surface area contributed by atoms with Gasteiger partial charge in [-0.25, -0.2) is 0 Å². The summed E-state index contributed by atoms with van der Waals surface area (Å²) in [6.07, 6.45) is 1.25. The lowest BCUT2D eigenvalue weighted by molar-refractivity contribution is -0.136. The van der Waals surface area contributed by atoms with E-state index in [9.17, 15) is 4.79 Å². The third kappa shape index (κ3) is 5.43. The zero-order chi connectivity index (χ0) is 14.4. The zero-order valence-electron chi connectivity index (χ0n) is 12.4. The molecule has 0 amide bonds. The van der Waals surface area contributed by atoms with Gasteiger partial charge < -0.3 is 5.11 Å². The van der Waals surface area contributed by atoms with Crippen molar-refractivity contribution in [2.45, 2.75) is 46.2 Å². The van der Waals surface area contributed by atoms with Crippen LogP contribution in [-0.4, -0.2) is 29.1 Å². The molecule has 1 atom stereocenters. The van der Waals surface area contributed by atoms with Gasteiger partial charge in [0.1, 0.15) is 0 Å². The molecule has 0 saturated heterocycles. The van der Waals surface area contributed by atoms with E-state index in [-0.39, 0.29) is 6.42 Å². The van der Waals surface area contributed by atoms with Gasteiger partial charge in [0.25, 0.3) is 0 Å². The van der Waals surface area contributed by atoms with Gasteiger partial charge in [0.05, 0.1) is 6.42 Å². The Hall–Kier alpha value is -1.35. The first-order valence-corrected chi connectivity index (χ1v) is 6.89. The van der Waals surface area contributed by atoms with E-state index in [0.29, 0.717) is 12.0 Å². The second-order valence-electron chi connectivity index (χ2n) is 5.73. The van der Waals surface area contributed by atoms with Gasteiger partial charge in [0, 0.05) is 12.6 Å². The highest BCUT2D eigenvalue weighted by molar-refractivity contribution is 5.70. The zero-order valence-corrected chi connectivity index (χ0v) is 12.4. The molecule has 0 spiro atoms. The van der Waals surface area contributed by atoms with Crippen LogP contribution in [0, 0.1) is 5.92 Å². The van der Waals surface area contributed by atoms with Gasteiger partial charge in [0.2, 0.25) is 0 Å². The second-order valence-corrected chi connectivity index (χ2v) is 5.73. The van der Waals surface area contributed by atoms with Crippen molar-refractivity contribution >= 4 is 5.97 Å². The van der Waals surface area contributed by atoms with Gasteiger partial charge in [-0.3, -0.25) is 9.69 Å². The summed E-state index contributed by atoms with van der Waals surface area (Å²) in [5.74, 6) is -0.1000. The minimum absolute atomic E-state index is 0.0998. The minimum Gasteiger partial charge on any atom is -0.481 e. The average Bonchev–Trinajstić information content (AvgIpc) is 2.30. The number of benzene rings is 1. The molecule has 0 bridgehead atoms. The number of nitrogens with zero attached hydrogens (tertiary/aromatic N) is 1. The van der Waals surface area contributed by atoms with E-state index >= 15 is 0 Å². The van der Waals surface area contributed by atoms with Gasteiger partial charge in [-0.05, 0) is 37.4 Å². The highest BCUT2D eigenvalue weighted by Crippen LogP contribution is 2.16. The molecule has 1 unspecified atom stereocenters. The molecule has 1 rings (SSSR count). The summed E-state index contributed by atoms with van der Waals surface area (Å²) in [4.78, 5) is 13.2. The van der Waals surface area contributed by atoms with Crippen molar-refractivity contribution in [1.82, 2.24) is 4.90 Å². The van der Waals surface area contributed by atoms with Crippen molar-refractivity contribution in [3.8, 4) is 0 Å². The number of hydrogen-bond acceptors (Lipinski definition) is 2. The van der Waals surface area contributed by atoms with Crippen molar-refractivity contribution in [2.75, 3.05) is 7.05 Å². The largest absolute Gasteiger partial charge is 0.481 e. The van der Waals surface area contributed by atoms with E-state index in [1.165, 1.54) is 0 Å². The van der Waals surface area contributed by atoms with Crippen molar-refractivity contribution in [1.29, 1.82) is 0 Å². The van der Waals surface area contributed by atoms with Crippen LogP contribution in [0.2, 0.25) is 0 Å². The molecule has 0 fully saturated rings. The summed E-state index contributed by atoms with van der Waals surface area (Å²) < 4.78 is 0. The van der Waals surface area contributed by atoms with Crippen LogP contribution in [0.5, 0.6) is 0 Å². The molecule has 106 valence electrons. The van der Waals surface area contributed by atoms with Gasteiger partial charge in [-0.1, -0.05) is 38.1 Å². The number of carboxylic acids is 1. The highest BCUT2D eigenvalue weighted by atomic mass is 16.4. The smallest absolute Gasteiger partial charge is 0.307 e. The highest BCUT2D eigenvalue weighted by Gasteiger charge is 2.13. The van der Waals surface area contributed by atoms with E-state index in [2.05, 4.69) is 32.7 Å². The standard InChI is InChI=1S/C16H25NO2/c1-12(2)9-13(3)17(4)11-15-8-6-5-7-14(15)10-16(18)19/h5-8,12-13H,9-11H2,1-4H3,(H,18,19). The molecular weight excluding hydrogens is 238 g/mol. The Morgan fingerprint density at radius 3 is 2.32 bits per heavy atom. The van der Waals surface area contributed by atoms with Crippen LogP contribution in [0.3, 0.4) is 0 Å². The molecule has 0 aliphatic heterocycles. The molecule has 0 heterocycles. The summed E-state index contributed by atoms with van der Waals surface area (Å²) in [6.45, 7) is 7.47. The van der Waals surface area contributed by atoms with E-state index in [4.69, 9.17) is 5.11 Å². The van der Waals surface area contributed by atoms with Crippen LogP contribution in [0.4, 0.5) is 0 Å². The van der Waals surface area contributed by atoms with E-state index in [1.54, 1.807) is 0 Å². The molecule has 0 aromatic heterocycles. The Bertz CT molecular complexity index is 415. The lowest BCUT2D eigenvalue weighted by Crippen LogP contribution is -2.30. The number of hydrogen-bond donors (Lipinski definition) is 1. The van der Waals surface area contributed by atoms with Gasteiger partial charge >= 0.3 is 5.97 Å². The minimum atomic E-state index is -0.773. The first-order valence-electron chi connectivity index (χ1n) is 6.89. The van der Waals surface area contributed by atoms with Crippen molar-refractivity contribution < 1.29 is 9.90 Å². The quantitative estimate of drug-likeness (QED) is 0.821. The van der Waals surface area contributed by atoms with E-state index < -0.39 is 5.97 Å². The maximum absolute atomic E-state index is 10.9. The fraction of sp³-hybridized carbons (Fsp3) is 0.562. The van der Waals surface area contributed by atoms with E-state index in [0.717, 1.165) is 24.1 Å². The first kappa shape index (κ1) is 15.7. The number of carbonyl (C=O) groups is 1. The Morgan fingerprint density at radius 1 is 1.21 bits per heavy atom. The number of carboxylic acid groups (broad SMARTS) is 1. The third-order valence-electron chi connectivity index (χ3n) is 3.44. The molecule has 0 aliphatic carbocycles. The Morgan fingerprint density at radius 2 is 1.79 bits per heavy atom. The topological polar surface area (TPSA) is 40.5 Å². The Kier molecular flexibility index (Phi) is 6.03. The predicted octanol–water partition coefficient (Wildman–Crippen LogP) is 3.18. The summed E-state index contributed by atoms with van der Waals surface area (Å²) >= 11 is 0. The van der Waals surface area contributed by atoms with Gasteiger partial charge in [-0.2, -0.15) is 0 Å². The summed E-state index contributed by atoms with van der Waals surface area (Å²) in [7, 11) is 2.10. The molecule has 1 aromatic rings. The normalized spacial score (nSPS) is 12.9. The summed E-state index contributed by atoms with van der Waals surface area (Å²) in [6, 6.07) is 8.31. The van der Waals surface area contributed by atoms with Crippen LogP contribution < -0.4 is 0 Å². The lowest BCUT2D eigenvalue weighted by atomic mass is 10.0. The molecule has 3 heteroatoms. The summed E-state index contributed by atoms with van der Waals surface area (Å²) in [5, 5.41) is 8.94. The Labute approximate surface area is 116 Å². The molecular formula is C16H25NO2. The molecule has 0 radical (unpaired) electrons. The molecule has 1 N–H and O–H groups in total. The SMILES string of the molecule is CC(C)CC(C)N(C)Cc1ccccc1CC(=O)O. The molecule has 3 nitrogen and oxygen atoms in total. The number of rotatable bonds is 7. The number of aliphatic carboxylic acids is 1. The van der Waals surface area contributed by atoms with Crippen LogP contribution in [0.1, 0.15) is 38.3 Å².